The maximum atomic E-state index is 9.99. The second-order valence-electron chi connectivity index (χ2n) is 5.10. The molecule has 1 fully saturated rings. The molecule has 2 rings (SSSR count). The molecule has 0 bridgehead atoms. The number of aryl methyl sites for hydroxylation is 1. The predicted molar refractivity (Wildman–Crippen MR) is 70.8 cm³/mol. The fourth-order valence-corrected chi connectivity index (χ4v) is 2.22. The zero-order valence-corrected chi connectivity index (χ0v) is 10.5. The highest BCUT2D eigenvalue weighted by atomic mass is 16.3. The van der Waals surface area contributed by atoms with Crippen LogP contribution in [0.2, 0.25) is 0 Å². The molecule has 1 atom stereocenters. The van der Waals surface area contributed by atoms with Gasteiger partial charge in [0.05, 0.1) is 6.10 Å². The van der Waals surface area contributed by atoms with Crippen molar-refractivity contribution in [3.05, 3.63) is 36.7 Å². The highest BCUT2D eigenvalue weighted by molar-refractivity contribution is 5.16. The summed E-state index contributed by atoms with van der Waals surface area (Å²) < 4.78 is 2.20. The molecule has 0 amide bonds. The van der Waals surface area contributed by atoms with Gasteiger partial charge in [-0.25, -0.2) is 0 Å². The van der Waals surface area contributed by atoms with E-state index in [-0.39, 0.29) is 6.10 Å². The second-order valence-corrected chi connectivity index (χ2v) is 5.10. The van der Waals surface area contributed by atoms with Crippen LogP contribution in [0.3, 0.4) is 0 Å². The van der Waals surface area contributed by atoms with Crippen LogP contribution in [-0.2, 0) is 6.54 Å². The topological polar surface area (TPSA) is 25.2 Å². The minimum atomic E-state index is -0.225. The molecule has 0 spiro atoms. The molecule has 1 heterocycles. The van der Waals surface area contributed by atoms with Crippen molar-refractivity contribution >= 4 is 0 Å². The molecule has 17 heavy (non-hydrogen) atoms. The average molecular weight is 233 g/mol. The summed E-state index contributed by atoms with van der Waals surface area (Å²) in [5.41, 5.74) is 1.10. The van der Waals surface area contributed by atoms with Crippen LogP contribution in [0.4, 0.5) is 0 Å². The van der Waals surface area contributed by atoms with Gasteiger partial charge in [0.25, 0.3) is 0 Å². The highest BCUT2D eigenvalue weighted by Crippen LogP contribution is 2.40. The van der Waals surface area contributed by atoms with Crippen LogP contribution in [0.5, 0.6) is 0 Å². The summed E-state index contributed by atoms with van der Waals surface area (Å²) in [5.74, 6) is 0.526. The van der Waals surface area contributed by atoms with Gasteiger partial charge < -0.3 is 9.67 Å². The monoisotopic (exact) mass is 233 g/mol. The second kappa shape index (κ2) is 6.06. The van der Waals surface area contributed by atoms with Gasteiger partial charge >= 0.3 is 0 Å². The van der Waals surface area contributed by atoms with Crippen molar-refractivity contribution in [3.63, 3.8) is 0 Å². The minimum Gasteiger partial charge on any atom is -0.388 e. The fourth-order valence-electron chi connectivity index (χ4n) is 2.22. The minimum absolute atomic E-state index is 0.225. The first-order chi connectivity index (χ1) is 8.31. The Morgan fingerprint density at radius 2 is 2.24 bits per heavy atom. The van der Waals surface area contributed by atoms with E-state index in [2.05, 4.69) is 29.6 Å². The largest absolute Gasteiger partial charge is 0.388 e. The third-order valence-corrected chi connectivity index (χ3v) is 3.51. The predicted octanol–water partition coefficient (Wildman–Crippen LogP) is 3.68. The summed E-state index contributed by atoms with van der Waals surface area (Å²) in [5, 5.41) is 9.99. The normalized spacial score (nSPS) is 17.0. The highest BCUT2D eigenvalue weighted by Gasteiger charge is 2.30. The van der Waals surface area contributed by atoms with Gasteiger partial charge in [-0.2, -0.15) is 0 Å². The van der Waals surface area contributed by atoms with Crippen LogP contribution in [0.1, 0.15) is 50.2 Å². The van der Waals surface area contributed by atoms with Gasteiger partial charge in [-0.05, 0) is 49.7 Å². The van der Waals surface area contributed by atoms with Crippen molar-refractivity contribution < 1.29 is 5.11 Å². The third-order valence-electron chi connectivity index (χ3n) is 3.51. The zero-order valence-electron chi connectivity index (χ0n) is 10.5. The van der Waals surface area contributed by atoms with Crippen molar-refractivity contribution in [1.82, 2.24) is 4.57 Å². The lowest BCUT2D eigenvalue weighted by atomic mass is 10.1. The molecule has 0 radical (unpaired) electrons. The van der Waals surface area contributed by atoms with Crippen LogP contribution in [0.15, 0.2) is 31.1 Å². The molecule has 1 N–H and O–H groups in total. The summed E-state index contributed by atoms with van der Waals surface area (Å²) in [7, 11) is 0. The van der Waals surface area contributed by atoms with E-state index in [1.807, 2.05) is 6.08 Å². The molecule has 1 unspecified atom stereocenters. The molecule has 1 aliphatic rings. The Bertz CT molecular complexity index is 352. The van der Waals surface area contributed by atoms with Gasteiger partial charge in [0.1, 0.15) is 0 Å². The molecule has 2 nitrogen and oxygen atoms in total. The van der Waals surface area contributed by atoms with Gasteiger partial charge in [0, 0.05) is 18.9 Å². The number of hydrogen-bond acceptors (Lipinski definition) is 1. The first-order valence-corrected chi connectivity index (χ1v) is 6.76. The SMILES string of the molecule is C=CCCCCCn1ccc(C(O)C2CC2)c1. The van der Waals surface area contributed by atoms with Gasteiger partial charge in [-0.1, -0.05) is 12.5 Å². The van der Waals surface area contributed by atoms with Gasteiger partial charge in [-0.3, -0.25) is 0 Å². The molecule has 0 aliphatic heterocycles. The van der Waals surface area contributed by atoms with Crippen molar-refractivity contribution in [2.45, 2.75) is 51.2 Å². The number of aliphatic hydroxyl groups is 1. The molecule has 0 saturated heterocycles. The summed E-state index contributed by atoms with van der Waals surface area (Å²) >= 11 is 0. The molecular formula is C15H23NO. The fraction of sp³-hybridized carbons (Fsp3) is 0.600. The molecular weight excluding hydrogens is 210 g/mol. The first-order valence-electron chi connectivity index (χ1n) is 6.76. The lowest BCUT2D eigenvalue weighted by Gasteiger charge is -2.06. The van der Waals surface area contributed by atoms with E-state index in [4.69, 9.17) is 0 Å². The Balaban J connectivity index is 1.72. The van der Waals surface area contributed by atoms with Gasteiger partial charge in [-0.15, -0.1) is 6.58 Å². The number of nitrogens with zero attached hydrogens (tertiary/aromatic N) is 1. The summed E-state index contributed by atoms with van der Waals surface area (Å²) in [4.78, 5) is 0. The van der Waals surface area contributed by atoms with Crippen LogP contribution in [0.25, 0.3) is 0 Å². The maximum absolute atomic E-state index is 9.99. The molecule has 1 aromatic heterocycles. The molecule has 1 aromatic rings. The van der Waals surface area contributed by atoms with Crippen LogP contribution in [0, 0.1) is 5.92 Å². The number of rotatable bonds is 8. The zero-order chi connectivity index (χ0) is 12.1. The van der Waals surface area contributed by atoms with Gasteiger partial charge in [0.2, 0.25) is 0 Å². The average Bonchev–Trinajstić information content (AvgIpc) is 3.08. The number of unbranched alkanes of at least 4 members (excludes halogenated alkanes) is 3. The lowest BCUT2D eigenvalue weighted by Crippen LogP contribution is -1.99. The van der Waals surface area contributed by atoms with E-state index in [0.29, 0.717) is 5.92 Å². The van der Waals surface area contributed by atoms with Crippen LogP contribution in [-0.4, -0.2) is 9.67 Å². The van der Waals surface area contributed by atoms with Crippen molar-refractivity contribution in [2.24, 2.45) is 5.92 Å². The van der Waals surface area contributed by atoms with E-state index in [0.717, 1.165) is 18.5 Å². The van der Waals surface area contributed by atoms with E-state index in [1.54, 1.807) is 0 Å². The molecule has 0 aromatic carbocycles. The third kappa shape index (κ3) is 3.74. The Hall–Kier alpha value is -1.02. The standard InChI is InChI=1S/C15H23NO/c1-2-3-4-5-6-10-16-11-9-14(12-16)15(17)13-7-8-13/h2,9,11-13,15,17H,1,3-8,10H2. The smallest absolute Gasteiger partial charge is 0.0832 e. The molecule has 94 valence electrons. The lowest BCUT2D eigenvalue weighted by molar-refractivity contribution is 0.154. The quantitative estimate of drug-likeness (QED) is 0.538. The Kier molecular flexibility index (Phi) is 4.43. The molecule has 1 aliphatic carbocycles. The number of allylic oxidation sites excluding steroid dienone is 1. The Labute approximate surface area is 104 Å². The summed E-state index contributed by atoms with van der Waals surface area (Å²) in [6, 6.07) is 2.06. The van der Waals surface area contributed by atoms with Crippen molar-refractivity contribution in [3.8, 4) is 0 Å². The first kappa shape index (κ1) is 12.4. The van der Waals surface area contributed by atoms with Gasteiger partial charge in [0.15, 0.2) is 0 Å². The van der Waals surface area contributed by atoms with Crippen LogP contribution < -0.4 is 0 Å². The van der Waals surface area contributed by atoms with E-state index in [1.165, 1.54) is 32.1 Å². The van der Waals surface area contributed by atoms with E-state index >= 15 is 0 Å². The summed E-state index contributed by atoms with van der Waals surface area (Å²) in [6.45, 7) is 4.79. The van der Waals surface area contributed by atoms with Crippen molar-refractivity contribution in [2.75, 3.05) is 0 Å². The van der Waals surface area contributed by atoms with Crippen molar-refractivity contribution in [1.29, 1.82) is 0 Å². The molecule has 2 heteroatoms. The maximum Gasteiger partial charge on any atom is 0.0832 e. The number of aliphatic hydroxyl groups excluding tert-OH is 1. The number of hydrogen-bond donors (Lipinski definition) is 1. The summed E-state index contributed by atoms with van der Waals surface area (Å²) in [6.07, 6.45) is 13.2. The Morgan fingerprint density at radius 1 is 1.41 bits per heavy atom. The number of aromatic nitrogens is 1. The van der Waals surface area contributed by atoms with Crippen LogP contribution >= 0.6 is 0 Å². The van der Waals surface area contributed by atoms with E-state index < -0.39 is 0 Å². The Morgan fingerprint density at radius 3 is 2.94 bits per heavy atom. The molecule has 1 saturated carbocycles. The van der Waals surface area contributed by atoms with E-state index in [9.17, 15) is 5.11 Å².